The number of ether oxygens (including phenoxy) is 1. The van der Waals surface area contributed by atoms with Gasteiger partial charge in [0.05, 0.1) is 5.82 Å². The van der Waals surface area contributed by atoms with E-state index in [0.717, 1.165) is 17.7 Å². The van der Waals surface area contributed by atoms with Gasteiger partial charge in [-0.15, -0.1) is 0 Å². The van der Waals surface area contributed by atoms with Crippen molar-refractivity contribution in [3.05, 3.63) is 35.7 Å². The lowest BCUT2D eigenvalue weighted by Crippen LogP contribution is -2.36. The molecule has 94 valence electrons. The molecule has 0 unspecified atom stereocenters. The minimum absolute atomic E-state index is 0.0869. The molecule has 0 spiro atoms. The number of halogens is 4. The van der Waals surface area contributed by atoms with Crippen LogP contribution in [-0.2, 0) is 0 Å². The summed E-state index contributed by atoms with van der Waals surface area (Å²) in [5, 5.41) is 0. The fraction of sp³-hybridized carbons (Fsp3) is 0.273. The van der Waals surface area contributed by atoms with E-state index in [2.05, 4.69) is 0 Å². The number of hydrogen-bond acceptors (Lipinski definition) is 1. The summed E-state index contributed by atoms with van der Waals surface area (Å²) in [7, 11) is 0. The first-order chi connectivity index (χ1) is 7.80. The molecule has 1 nitrogen and oxygen atoms in total. The van der Waals surface area contributed by atoms with Gasteiger partial charge in [0.25, 0.3) is 0 Å². The van der Waals surface area contributed by atoms with E-state index in [4.69, 9.17) is 4.74 Å². The molecule has 17 heavy (non-hydrogen) atoms. The molecule has 0 radical (unpaired) electrons. The first-order valence-corrected chi connectivity index (χ1v) is 5.06. The van der Waals surface area contributed by atoms with Crippen molar-refractivity contribution >= 4 is 12.4 Å². The fourth-order valence-corrected chi connectivity index (χ4v) is 1.17. The summed E-state index contributed by atoms with van der Waals surface area (Å²) in [6, 6.07) is 2.57. The van der Waals surface area contributed by atoms with Crippen LogP contribution in [0.2, 0.25) is 0 Å². The van der Waals surface area contributed by atoms with Gasteiger partial charge in [-0.2, -0.15) is 0 Å². The Hall–Kier alpha value is -1.46. The molecular weight excluding hydrogens is 235 g/mol. The lowest BCUT2D eigenvalue weighted by molar-refractivity contribution is 0.359. The van der Waals surface area contributed by atoms with Gasteiger partial charge >= 0.3 is 6.98 Å². The highest BCUT2D eigenvalue weighted by atomic mass is 19.4. The summed E-state index contributed by atoms with van der Waals surface area (Å²) in [6.45, 7) is -1.39. The Labute approximate surface area is 97.1 Å². The van der Waals surface area contributed by atoms with E-state index in [1.54, 1.807) is 6.08 Å². The smallest absolute Gasteiger partial charge is 0.489 e. The zero-order valence-corrected chi connectivity index (χ0v) is 9.51. The molecule has 0 fully saturated rings. The molecular formula is C11H12BF4O-. The van der Waals surface area contributed by atoms with Crippen LogP contribution < -0.4 is 10.2 Å². The predicted octanol–water partition coefficient (Wildman–Crippen LogP) is 3.23. The molecule has 0 bridgehead atoms. The van der Waals surface area contributed by atoms with Crippen LogP contribution in [-0.4, -0.2) is 13.6 Å². The molecule has 0 aromatic heterocycles. The Morgan fingerprint density at radius 3 is 2.41 bits per heavy atom. The SMILES string of the molecule is CC(C)=CCOc1ccc([B-](F)(F)F)c(F)c1. The summed E-state index contributed by atoms with van der Waals surface area (Å²) in [5.41, 5.74) is -0.208. The molecule has 0 saturated heterocycles. The van der Waals surface area contributed by atoms with Crippen LogP contribution in [0.15, 0.2) is 29.8 Å². The Morgan fingerprint density at radius 2 is 1.94 bits per heavy atom. The van der Waals surface area contributed by atoms with Gasteiger partial charge in [0.2, 0.25) is 0 Å². The van der Waals surface area contributed by atoms with Crippen molar-refractivity contribution in [2.75, 3.05) is 6.61 Å². The predicted molar refractivity (Wildman–Crippen MR) is 60.0 cm³/mol. The Bertz CT molecular complexity index is 422. The monoisotopic (exact) mass is 247 g/mol. The maximum Gasteiger partial charge on any atom is 0.512 e. The van der Waals surface area contributed by atoms with Crippen molar-refractivity contribution < 1.29 is 22.1 Å². The van der Waals surface area contributed by atoms with Crippen LogP contribution in [0, 0.1) is 5.82 Å². The van der Waals surface area contributed by atoms with Crippen molar-refractivity contribution in [1.82, 2.24) is 0 Å². The average Bonchev–Trinajstić information content (AvgIpc) is 2.14. The summed E-state index contributed by atoms with van der Waals surface area (Å²) >= 11 is 0. The van der Waals surface area contributed by atoms with Gasteiger partial charge in [-0.3, -0.25) is 0 Å². The van der Waals surface area contributed by atoms with E-state index in [9.17, 15) is 17.3 Å². The highest BCUT2D eigenvalue weighted by molar-refractivity contribution is 6.73. The lowest BCUT2D eigenvalue weighted by Gasteiger charge is -2.16. The summed E-state index contributed by atoms with van der Waals surface area (Å²) in [4.78, 5) is 0. The highest BCUT2D eigenvalue weighted by Crippen LogP contribution is 2.16. The van der Waals surface area contributed by atoms with Gasteiger partial charge in [-0.1, -0.05) is 17.1 Å². The molecule has 0 aliphatic heterocycles. The highest BCUT2D eigenvalue weighted by Gasteiger charge is 2.28. The zero-order valence-electron chi connectivity index (χ0n) is 9.51. The van der Waals surface area contributed by atoms with Gasteiger partial charge in [-0.05, 0) is 26.0 Å². The maximum atomic E-state index is 13.1. The number of allylic oxidation sites excluding steroid dienone is 1. The molecule has 0 aliphatic carbocycles. The standard InChI is InChI=1S/C11H12BF4O/c1-8(2)5-6-17-9-3-4-10(11(13)7-9)12(14,15)16/h3-5,7H,6H2,1-2H3/q-1. The third kappa shape index (κ3) is 4.13. The normalized spacial score (nSPS) is 11.2. The Morgan fingerprint density at radius 1 is 1.29 bits per heavy atom. The van der Waals surface area contributed by atoms with Gasteiger partial charge in [0.15, 0.2) is 0 Å². The quantitative estimate of drug-likeness (QED) is 0.451. The molecule has 1 rings (SSSR count). The molecule has 0 aliphatic rings. The largest absolute Gasteiger partial charge is 0.512 e. The molecule has 0 heterocycles. The van der Waals surface area contributed by atoms with E-state index >= 15 is 0 Å². The third-order valence-corrected chi connectivity index (χ3v) is 2.07. The molecule has 0 saturated carbocycles. The van der Waals surface area contributed by atoms with E-state index < -0.39 is 18.3 Å². The van der Waals surface area contributed by atoms with Crippen LogP contribution in [0.4, 0.5) is 17.3 Å². The van der Waals surface area contributed by atoms with Crippen LogP contribution in [0.1, 0.15) is 13.8 Å². The van der Waals surface area contributed by atoms with Crippen molar-refractivity contribution in [3.8, 4) is 5.75 Å². The molecule has 1 aromatic rings. The Kier molecular flexibility index (Phi) is 4.20. The first kappa shape index (κ1) is 13.6. The van der Waals surface area contributed by atoms with Crippen LogP contribution in [0.25, 0.3) is 0 Å². The summed E-state index contributed by atoms with van der Waals surface area (Å²) < 4.78 is 55.2. The minimum atomic E-state index is -5.31. The van der Waals surface area contributed by atoms with Crippen molar-refractivity contribution in [2.45, 2.75) is 13.8 Å². The molecule has 1 aromatic carbocycles. The van der Waals surface area contributed by atoms with Crippen LogP contribution in [0.3, 0.4) is 0 Å². The van der Waals surface area contributed by atoms with Crippen molar-refractivity contribution in [3.63, 3.8) is 0 Å². The minimum Gasteiger partial charge on any atom is -0.489 e. The third-order valence-electron chi connectivity index (χ3n) is 2.07. The lowest BCUT2D eigenvalue weighted by atomic mass is 9.80. The zero-order chi connectivity index (χ0) is 13.1. The first-order valence-electron chi connectivity index (χ1n) is 5.06. The number of hydrogen-bond donors (Lipinski definition) is 0. The maximum absolute atomic E-state index is 13.1. The van der Waals surface area contributed by atoms with Gasteiger partial charge < -0.3 is 17.7 Å². The van der Waals surface area contributed by atoms with E-state index in [-0.39, 0.29) is 12.4 Å². The van der Waals surface area contributed by atoms with Gasteiger partial charge in [0, 0.05) is 6.07 Å². The van der Waals surface area contributed by atoms with E-state index in [1.165, 1.54) is 0 Å². The van der Waals surface area contributed by atoms with Gasteiger partial charge in [-0.25, -0.2) is 4.39 Å². The molecule has 0 atom stereocenters. The fourth-order valence-electron chi connectivity index (χ4n) is 1.17. The molecule has 0 N–H and O–H groups in total. The van der Waals surface area contributed by atoms with Gasteiger partial charge in [0.1, 0.15) is 12.4 Å². The van der Waals surface area contributed by atoms with Crippen molar-refractivity contribution in [1.29, 1.82) is 0 Å². The summed E-state index contributed by atoms with van der Waals surface area (Å²) in [5.74, 6) is -1.21. The second-order valence-electron chi connectivity index (χ2n) is 3.85. The van der Waals surface area contributed by atoms with Crippen LogP contribution in [0.5, 0.6) is 5.75 Å². The molecule has 0 amide bonds. The van der Waals surface area contributed by atoms with E-state index in [1.807, 2.05) is 13.8 Å². The Balaban J connectivity index is 2.79. The van der Waals surface area contributed by atoms with Crippen molar-refractivity contribution in [2.24, 2.45) is 0 Å². The van der Waals surface area contributed by atoms with E-state index in [0.29, 0.717) is 6.07 Å². The average molecular weight is 247 g/mol. The summed E-state index contributed by atoms with van der Waals surface area (Å²) in [6.07, 6.45) is 1.75. The van der Waals surface area contributed by atoms with Crippen LogP contribution >= 0.6 is 0 Å². The topological polar surface area (TPSA) is 9.23 Å². The second-order valence-corrected chi connectivity index (χ2v) is 3.85. The number of benzene rings is 1. The second kappa shape index (κ2) is 5.25. The molecule has 6 heteroatoms. The number of rotatable bonds is 4.